The Morgan fingerprint density at radius 2 is 2.33 bits per heavy atom. The molecule has 62 valence electrons. The Labute approximate surface area is 69.0 Å². The monoisotopic (exact) mass is 163 g/mol. The summed E-state index contributed by atoms with van der Waals surface area (Å²) >= 11 is 0. The highest BCUT2D eigenvalue weighted by Gasteiger charge is 2.02. The lowest BCUT2D eigenvalue weighted by molar-refractivity contribution is 0.273. The van der Waals surface area contributed by atoms with E-state index >= 15 is 0 Å². The second-order valence-corrected chi connectivity index (χ2v) is 2.59. The van der Waals surface area contributed by atoms with Crippen molar-refractivity contribution in [1.29, 1.82) is 0 Å². The summed E-state index contributed by atoms with van der Waals surface area (Å²) in [5.74, 6) is 0.544. The van der Waals surface area contributed by atoms with Crippen molar-refractivity contribution < 1.29 is 5.11 Å². The molecule has 2 rings (SSSR count). The quantitative estimate of drug-likeness (QED) is 0.540. The number of rotatable bonds is 1. The summed E-state index contributed by atoms with van der Waals surface area (Å²) in [6.07, 6.45) is 0. The van der Waals surface area contributed by atoms with Crippen molar-refractivity contribution in [2.24, 2.45) is 0 Å². The number of aromatic amines is 1. The Morgan fingerprint density at radius 3 is 3.00 bits per heavy atom. The molecule has 0 fully saturated rings. The molecule has 4 N–H and O–H groups in total. The Hall–Kier alpha value is -1.55. The lowest BCUT2D eigenvalue weighted by atomic mass is 10.3. The van der Waals surface area contributed by atoms with Crippen LogP contribution in [-0.4, -0.2) is 15.1 Å². The van der Waals surface area contributed by atoms with E-state index in [9.17, 15) is 0 Å². The van der Waals surface area contributed by atoms with E-state index in [1.807, 2.05) is 12.1 Å². The summed E-state index contributed by atoms with van der Waals surface area (Å²) in [4.78, 5) is 7.05. The number of nitrogens with one attached hydrogen (secondary N) is 1. The summed E-state index contributed by atoms with van der Waals surface area (Å²) in [7, 11) is 0. The van der Waals surface area contributed by atoms with Gasteiger partial charge in [-0.25, -0.2) is 4.98 Å². The van der Waals surface area contributed by atoms with Crippen LogP contribution < -0.4 is 5.73 Å². The van der Waals surface area contributed by atoms with Crippen LogP contribution in [0.15, 0.2) is 18.2 Å². The molecule has 1 aromatic heterocycles. The maximum Gasteiger partial charge on any atom is 0.133 e. The predicted molar refractivity (Wildman–Crippen MR) is 46.4 cm³/mol. The van der Waals surface area contributed by atoms with Crippen molar-refractivity contribution >= 4 is 16.7 Å². The third kappa shape index (κ3) is 0.931. The molecule has 1 heterocycles. The van der Waals surface area contributed by atoms with E-state index in [-0.39, 0.29) is 6.61 Å². The lowest BCUT2D eigenvalue weighted by Gasteiger charge is -1.90. The molecule has 1 aromatic carbocycles. The number of para-hydroxylation sites is 1. The van der Waals surface area contributed by atoms with E-state index in [0.29, 0.717) is 11.5 Å². The Kier molecular flexibility index (Phi) is 1.48. The zero-order valence-corrected chi connectivity index (χ0v) is 6.41. The average molecular weight is 163 g/mol. The highest BCUT2D eigenvalue weighted by atomic mass is 16.3. The minimum atomic E-state index is -0.0892. The molecule has 0 aliphatic carbocycles. The lowest BCUT2D eigenvalue weighted by Crippen LogP contribution is -1.86. The maximum absolute atomic E-state index is 8.79. The van der Waals surface area contributed by atoms with Crippen LogP contribution in [0.5, 0.6) is 0 Å². The number of aliphatic hydroxyl groups excluding tert-OH is 1. The first-order chi connectivity index (χ1) is 5.81. The van der Waals surface area contributed by atoms with Crippen molar-refractivity contribution in [2.75, 3.05) is 5.73 Å². The van der Waals surface area contributed by atoms with Crippen LogP contribution in [0.4, 0.5) is 5.69 Å². The molecule has 12 heavy (non-hydrogen) atoms. The number of anilines is 1. The molecular weight excluding hydrogens is 154 g/mol. The topological polar surface area (TPSA) is 74.9 Å². The Bertz CT molecular complexity index is 408. The van der Waals surface area contributed by atoms with E-state index in [4.69, 9.17) is 10.8 Å². The molecule has 0 saturated carbocycles. The maximum atomic E-state index is 8.79. The van der Waals surface area contributed by atoms with Gasteiger partial charge >= 0.3 is 0 Å². The van der Waals surface area contributed by atoms with Gasteiger partial charge in [0.15, 0.2) is 0 Å². The summed E-state index contributed by atoms with van der Waals surface area (Å²) < 4.78 is 0. The van der Waals surface area contributed by atoms with Gasteiger partial charge in [0.25, 0.3) is 0 Å². The Balaban J connectivity index is 2.74. The van der Waals surface area contributed by atoms with Gasteiger partial charge in [0.2, 0.25) is 0 Å². The molecule has 4 nitrogen and oxygen atoms in total. The summed E-state index contributed by atoms with van der Waals surface area (Å²) in [5.41, 5.74) is 7.87. The first kappa shape index (κ1) is 7.12. The van der Waals surface area contributed by atoms with E-state index in [2.05, 4.69) is 9.97 Å². The van der Waals surface area contributed by atoms with E-state index in [1.54, 1.807) is 6.07 Å². The van der Waals surface area contributed by atoms with Gasteiger partial charge in [0.1, 0.15) is 17.9 Å². The summed E-state index contributed by atoms with van der Waals surface area (Å²) in [6, 6.07) is 5.50. The highest BCUT2D eigenvalue weighted by Crippen LogP contribution is 2.17. The van der Waals surface area contributed by atoms with Crippen LogP contribution in [0.2, 0.25) is 0 Å². The van der Waals surface area contributed by atoms with Crippen LogP contribution in [-0.2, 0) is 6.61 Å². The third-order valence-electron chi connectivity index (χ3n) is 1.74. The first-order valence-electron chi connectivity index (χ1n) is 3.65. The second kappa shape index (κ2) is 2.49. The molecular formula is C8H9N3O. The predicted octanol–water partition coefficient (Wildman–Crippen LogP) is 0.637. The second-order valence-electron chi connectivity index (χ2n) is 2.59. The van der Waals surface area contributed by atoms with E-state index < -0.39 is 0 Å². The van der Waals surface area contributed by atoms with Crippen LogP contribution in [0.1, 0.15) is 5.82 Å². The number of hydrogen-bond acceptors (Lipinski definition) is 3. The number of imidazole rings is 1. The minimum Gasteiger partial charge on any atom is -0.397 e. The first-order valence-corrected chi connectivity index (χ1v) is 3.65. The molecule has 0 amide bonds. The van der Waals surface area contributed by atoms with Gasteiger partial charge in [-0.1, -0.05) is 6.07 Å². The van der Waals surface area contributed by atoms with Gasteiger partial charge in [-0.05, 0) is 12.1 Å². The summed E-state index contributed by atoms with van der Waals surface area (Å²) in [5, 5.41) is 8.79. The standard InChI is InChI=1S/C8H9N3O/c9-5-2-1-3-6-8(5)11-7(4-12)10-6/h1-3,12H,4,9H2,(H,10,11). The minimum absolute atomic E-state index is 0.0892. The molecule has 0 aliphatic heterocycles. The van der Waals surface area contributed by atoms with Gasteiger partial charge in [0.05, 0.1) is 11.2 Å². The number of benzene rings is 1. The van der Waals surface area contributed by atoms with Crippen LogP contribution >= 0.6 is 0 Å². The van der Waals surface area contributed by atoms with Crippen molar-refractivity contribution in [3.8, 4) is 0 Å². The normalized spacial score (nSPS) is 10.8. The van der Waals surface area contributed by atoms with Crippen LogP contribution in [0.3, 0.4) is 0 Å². The highest BCUT2D eigenvalue weighted by molar-refractivity contribution is 5.86. The summed E-state index contributed by atoms with van der Waals surface area (Å²) in [6.45, 7) is -0.0892. The third-order valence-corrected chi connectivity index (χ3v) is 1.74. The van der Waals surface area contributed by atoms with Gasteiger partial charge in [0, 0.05) is 0 Å². The van der Waals surface area contributed by atoms with Gasteiger partial charge < -0.3 is 15.8 Å². The van der Waals surface area contributed by atoms with E-state index in [1.165, 1.54) is 0 Å². The Morgan fingerprint density at radius 1 is 1.50 bits per heavy atom. The molecule has 2 aromatic rings. The van der Waals surface area contributed by atoms with Crippen LogP contribution in [0.25, 0.3) is 11.0 Å². The molecule has 0 atom stereocenters. The number of aromatic nitrogens is 2. The average Bonchev–Trinajstić information content (AvgIpc) is 2.49. The zero-order valence-electron chi connectivity index (χ0n) is 6.41. The molecule has 0 bridgehead atoms. The zero-order chi connectivity index (χ0) is 8.55. The fourth-order valence-corrected chi connectivity index (χ4v) is 1.18. The van der Waals surface area contributed by atoms with Crippen molar-refractivity contribution in [3.63, 3.8) is 0 Å². The van der Waals surface area contributed by atoms with Gasteiger partial charge in [-0.15, -0.1) is 0 Å². The molecule has 0 spiro atoms. The van der Waals surface area contributed by atoms with Gasteiger partial charge in [-0.3, -0.25) is 0 Å². The SMILES string of the molecule is Nc1cccc2[nH]c(CO)nc12. The van der Waals surface area contributed by atoms with Gasteiger partial charge in [-0.2, -0.15) is 0 Å². The number of fused-ring (bicyclic) bond motifs is 1. The molecule has 0 radical (unpaired) electrons. The molecule has 0 saturated heterocycles. The number of aliphatic hydroxyl groups is 1. The fourth-order valence-electron chi connectivity index (χ4n) is 1.18. The van der Waals surface area contributed by atoms with Crippen molar-refractivity contribution in [3.05, 3.63) is 24.0 Å². The number of nitrogens with zero attached hydrogens (tertiary/aromatic N) is 1. The number of hydrogen-bond donors (Lipinski definition) is 3. The molecule has 0 unspecified atom stereocenters. The smallest absolute Gasteiger partial charge is 0.133 e. The number of nitrogens with two attached hydrogens (primary N) is 1. The molecule has 4 heteroatoms. The fraction of sp³-hybridized carbons (Fsp3) is 0.125. The molecule has 0 aliphatic rings. The van der Waals surface area contributed by atoms with E-state index in [0.717, 1.165) is 11.0 Å². The largest absolute Gasteiger partial charge is 0.397 e. The number of nitrogen functional groups attached to an aromatic ring is 1. The van der Waals surface area contributed by atoms with Crippen molar-refractivity contribution in [2.45, 2.75) is 6.61 Å². The van der Waals surface area contributed by atoms with Crippen LogP contribution in [0, 0.1) is 0 Å². The van der Waals surface area contributed by atoms with Crippen molar-refractivity contribution in [1.82, 2.24) is 9.97 Å². The number of H-pyrrole nitrogens is 1.